The Morgan fingerprint density at radius 1 is 1.15 bits per heavy atom. The van der Waals surface area contributed by atoms with E-state index in [1.165, 1.54) is 18.5 Å². The molecule has 0 saturated heterocycles. The van der Waals surface area contributed by atoms with Crippen LogP contribution in [0.1, 0.15) is 22.5 Å². The third-order valence-corrected chi connectivity index (χ3v) is 4.12. The van der Waals surface area contributed by atoms with Gasteiger partial charge in [-0.3, -0.25) is 4.79 Å². The van der Waals surface area contributed by atoms with Crippen LogP contribution in [0.3, 0.4) is 0 Å². The molecule has 27 heavy (non-hydrogen) atoms. The molecule has 0 aliphatic rings. The summed E-state index contributed by atoms with van der Waals surface area (Å²) in [6.45, 7) is 5.79. The summed E-state index contributed by atoms with van der Waals surface area (Å²) in [5.74, 6) is -1.33. The smallest absolute Gasteiger partial charge is 0.250 e. The van der Waals surface area contributed by atoms with Gasteiger partial charge in [0.1, 0.15) is 11.6 Å². The second kappa shape index (κ2) is 7.45. The Balaban J connectivity index is 1.71. The lowest BCUT2D eigenvalue weighted by Gasteiger charge is -2.05. The fourth-order valence-electron chi connectivity index (χ4n) is 2.40. The van der Waals surface area contributed by atoms with Crippen LogP contribution in [0.4, 0.5) is 14.5 Å². The molecule has 138 valence electrons. The number of carbonyl (C=O) groups excluding carboxylic acids is 1. The zero-order valence-corrected chi connectivity index (χ0v) is 15.0. The summed E-state index contributed by atoms with van der Waals surface area (Å²) in [4.78, 5) is 20.4. The van der Waals surface area contributed by atoms with E-state index in [-0.39, 0.29) is 5.56 Å². The molecule has 2 aromatic heterocycles. The number of nitrogens with one attached hydrogen (secondary N) is 1. The Labute approximate surface area is 154 Å². The second-order valence-electron chi connectivity index (χ2n) is 5.97. The lowest BCUT2D eigenvalue weighted by atomic mass is 10.2. The van der Waals surface area contributed by atoms with Gasteiger partial charge in [0.25, 0.3) is 5.95 Å². The Morgan fingerprint density at radius 3 is 2.48 bits per heavy atom. The van der Waals surface area contributed by atoms with Gasteiger partial charge in [-0.05, 0) is 50.6 Å². The number of carbonyl (C=O) groups is 1. The van der Waals surface area contributed by atoms with Crippen molar-refractivity contribution >= 4 is 17.7 Å². The average molecular weight is 369 g/mol. The van der Waals surface area contributed by atoms with Crippen LogP contribution in [-0.4, -0.2) is 25.7 Å². The van der Waals surface area contributed by atoms with E-state index < -0.39 is 17.5 Å². The minimum absolute atomic E-state index is 0.0170. The van der Waals surface area contributed by atoms with Crippen LogP contribution in [0.15, 0.2) is 36.7 Å². The molecule has 0 radical (unpaired) electrons. The molecule has 0 aliphatic carbocycles. The number of rotatable bonds is 4. The first-order chi connectivity index (χ1) is 12.8. The van der Waals surface area contributed by atoms with E-state index in [0.29, 0.717) is 11.6 Å². The van der Waals surface area contributed by atoms with Crippen molar-refractivity contribution in [1.82, 2.24) is 19.7 Å². The van der Waals surface area contributed by atoms with Crippen LogP contribution in [-0.2, 0) is 4.79 Å². The number of halogens is 2. The van der Waals surface area contributed by atoms with Crippen LogP contribution < -0.4 is 5.32 Å². The van der Waals surface area contributed by atoms with Gasteiger partial charge in [-0.15, -0.1) is 0 Å². The lowest BCUT2D eigenvalue weighted by Crippen LogP contribution is -2.10. The van der Waals surface area contributed by atoms with Gasteiger partial charge in [-0.2, -0.15) is 5.10 Å². The summed E-state index contributed by atoms with van der Waals surface area (Å²) >= 11 is 0. The van der Waals surface area contributed by atoms with Crippen LogP contribution in [0.5, 0.6) is 0 Å². The van der Waals surface area contributed by atoms with Gasteiger partial charge in [0, 0.05) is 17.3 Å². The van der Waals surface area contributed by atoms with Crippen molar-refractivity contribution in [3.8, 4) is 5.95 Å². The van der Waals surface area contributed by atoms with E-state index in [2.05, 4.69) is 20.4 Å². The molecule has 0 unspecified atom stereocenters. The largest absolute Gasteiger partial charge is 0.320 e. The third kappa shape index (κ3) is 4.05. The summed E-state index contributed by atoms with van der Waals surface area (Å²) in [6.07, 6.45) is 5.20. The molecular weight excluding hydrogens is 352 g/mol. The SMILES string of the molecule is Cc1nn(-c2ncc(NC(=O)/C=C/c3cc(F)ccc3F)cn2)c(C)c1C. The number of anilines is 1. The van der Waals surface area contributed by atoms with E-state index in [1.54, 1.807) is 4.68 Å². The number of aryl methyl sites for hydroxylation is 1. The zero-order valence-electron chi connectivity index (χ0n) is 15.0. The van der Waals surface area contributed by atoms with E-state index in [1.807, 2.05) is 20.8 Å². The first-order valence-corrected chi connectivity index (χ1v) is 8.14. The number of nitrogens with zero attached hydrogens (tertiary/aromatic N) is 4. The molecule has 1 N–H and O–H groups in total. The van der Waals surface area contributed by atoms with E-state index in [9.17, 15) is 13.6 Å². The number of benzene rings is 1. The van der Waals surface area contributed by atoms with Crippen molar-refractivity contribution in [2.75, 3.05) is 5.32 Å². The van der Waals surface area contributed by atoms with Crippen LogP contribution in [0, 0.1) is 32.4 Å². The topological polar surface area (TPSA) is 72.7 Å². The Morgan fingerprint density at radius 2 is 1.85 bits per heavy atom. The molecule has 3 rings (SSSR count). The van der Waals surface area contributed by atoms with Crippen molar-refractivity contribution < 1.29 is 13.6 Å². The summed E-state index contributed by atoms with van der Waals surface area (Å²) in [5.41, 5.74) is 3.24. The highest BCUT2D eigenvalue weighted by molar-refractivity contribution is 6.01. The molecule has 3 aromatic rings. The van der Waals surface area contributed by atoms with Gasteiger partial charge < -0.3 is 5.32 Å². The summed E-state index contributed by atoms with van der Waals surface area (Å²) in [6, 6.07) is 3.02. The highest BCUT2D eigenvalue weighted by atomic mass is 19.1. The van der Waals surface area contributed by atoms with Gasteiger partial charge >= 0.3 is 0 Å². The second-order valence-corrected chi connectivity index (χ2v) is 5.97. The predicted molar refractivity (Wildman–Crippen MR) is 97.4 cm³/mol. The molecule has 0 fully saturated rings. The molecule has 0 saturated carbocycles. The highest BCUT2D eigenvalue weighted by Gasteiger charge is 2.11. The first kappa shape index (κ1) is 18.4. The quantitative estimate of drug-likeness (QED) is 0.714. The average Bonchev–Trinajstić information content (AvgIpc) is 2.90. The minimum Gasteiger partial charge on any atom is -0.320 e. The van der Waals surface area contributed by atoms with Crippen molar-refractivity contribution in [3.63, 3.8) is 0 Å². The molecule has 0 aliphatic heterocycles. The van der Waals surface area contributed by atoms with Crippen molar-refractivity contribution in [1.29, 1.82) is 0 Å². The Hall–Kier alpha value is -3.42. The number of aromatic nitrogens is 4. The first-order valence-electron chi connectivity index (χ1n) is 8.14. The van der Waals surface area contributed by atoms with E-state index >= 15 is 0 Å². The van der Waals surface area contributed by atoms with Crippen molar-refractivity contribution in [2.45, 2.75) is 20.8 Å². The fourth-order valence-corrected chi connectivity index (χ4v) is 2.40. The standard InChI is InChI=1S/C19H17F2N5O/c1-11-12(2)25-26(13(11)3)19-22-9-16(10-23-19)24-18(27)7-4-14-8-15(20)5-6-17(14)21/h4-10H,1-3H3,(H,24,27)/b7-4+. The summed E-state index contributed by atoms with van der Waals surface area (Å²) in [5, 5.41) is 6.94. The summed E-state index contributed by atoms with van der Waals surface area (Å²) in [7, 11) is 0. The maximum atomic E-state index is 13.5. The zero-order chi connectivity index (χ0) is 19.6. The Kier molecular flexibility index (Phi) is 5.07. The van der Waals surface area contributed by atoms with Crippen LogP contribution in [0.25, 0.3) is 12.0 Å². The molecule has 0 atom stereocenters. The molecule has 1 aromatic carbocycles. The molecular formula is C19H17F2N5O. The normalized spacial score (nSPS) is 11.1. The molecule has 0 spiro atoms. The van der Waals surface area contributed by atoms with E-state index in [4.69, 9.17) is 0 Å². The number of hydrogen-bond donors (Lipinski definition) is 1. The molecule has 1 amide bonds. The van der Waals surface area contributed by atoms with Gasteiger partial charge in [-0.25, -0.2) is 23.4 Å². The molecule has 2 heterocycles. The van der Waals surface area contributed by atoms with E-state index in [0.717, 1.165) is 41.2 Å². The van der Waals surface area contributed by atoms with Crippen LogP contribution in [0.2, 0.25) is 0 Å². The van der Waals surface area contributed by atoms with Gasteiger partial charge in [0.2, 0.25) is 5.91 Å². The number of amides is 1. The lowest BCUT2D eigenvalue weighted by molar-refractivity contribution is -0.111. The summed E-state index contributed by atoms with van der Waals surface area (Å²) < 4.78 is 28.3. The Bertz CT molecular complexity index is 1030. The van der Waals surface area contributed by atoms with Gasteiger partial charge in [0.05, 0.1) is 23.8 Å². The van der Waals surface area contributed by atoms with Crippen LogP contribution >= 0.6 is 0 Å². The van der Waals surface area contributed by atoms with Gasteiger partial charge in [-0.1, -0.05) is 0 Å². The maximum absolute atomic E-state index is 13.5. The molecule has 0 bridgehead atoms. The molecule has 8 heteroatoms. The number of hydrogen-bond acceptors (Lipinski definition) is 4. The third-order valence-electron chi connectivity index (χ3n) is 4.12. The monoisotopic (exact) mass is 369 g/mol. The highest BCUT2D eigenvalue weighted by Crippen LogP contribution is 2.15. The van der Waals surface area contributed by atoms with Gasteiger partial charge in [0.15, 0.2) is 0 Å². The minimum atomic E-state index is -0.617. The fraction of sp³-hybridized carbons (Fsp3) is 0.158. The van der Waals surface area contributed by atoms with Crippen molar-refractivity contribution in [2.24, 2.45) is 0 Å². The predicted octanol–water partition coefficient (Wildman–Crippen LogP) is 3.52. The van der Waals surface area contributed by atoms with Crippen molar-refractivity contribution in [3.05, 3.63) is 70.8 Å². The maximum Gasteiger partial charge on any atom is 0.250 e. The molecule has 6 nitrogen and oxygen atoms in total.